The van der Waals surface area contributed by atoms with E-state index in [1.807, 2.05) is 31.2 Å². The maximum Gasteiger partial charge on any atom is 0.136 e. The number of aryl methyl sites for hydroxylation is 1. The van der Waals surface area contributed by atoms with Crippen LogP contribution in [0.2, 0.25) is 0 Å². The summed E-state index contributed by atoms with van der Waals surface area (Å²) in [4.78, 5) is 0. The number of nitriles is 1. The van der Waals surface area contributed by atoms with Crippen LogP contribution in [0.3, 0.4) is 0 Å². The zero-order valence-electron chi connectivity index (χ0n) is 12.2. The molecule has 0 aliphatic heterocycles. The average molecular weight is 282 g/mol. The van der Waals surface area contributed by atoms with Crippen molar-refractivity contribution in [2.45, 2.75) is 13.0 Å². The lowest BCUT2D eigenvalue weighted by molar-refractivity contribution is 0.213. The molecule has 0 saturated heterocycles. The van der Waals surface area contributed by atoms with Gasteiger partial charge in [-0.05, 0) is 24.6 Å². The molecular weight excluding hydrogens is 264 g/mol. The first-order valence-corrected chi connectivity index (χ1v) is 6.68. The molecule has 1 atom stereocenters. The van der Waals surface area contributed by atoms with Gasteiger partial charge in [-0.2, -0.15) is 5.26 Å². The molecule has 4 heteroatoms. The summed E-state index contributed by atoms with van der Waals surface area (Å²) in [6.45, 7) is 2.37. The molecule has 0 amide bonds. The van der Waals surface area contributed by atoms with Gasteiger partial charge in [0.1, 0.15) is 17.6 Å². The molecule has 2 N–H and O–H groups in total. The number of nitrogens with zero attached hydrogens (tertiary/aromatic N) is 1. The fourth-order valence-electron chi connectivity index (χ4n) is 2.11. The second-order valence-corrected chi connectivity index (χ2v) is 4.77. The maximum absolute atomic E-state index is 9.04. The molecule has 0 aromatic heterocycles. The van der Waals surface area contributed by atoms with E-state index >= 15 is 0 Å². The topological polar surface area (TPSA) is 68.3 Å². The van der Waals surface area contributed by atoms with Crippen LogP contribution in [0.4, 0.5) is 0 Å². The highest BCUT2D eigenvalue weighted by molar-refractivity contribution is 5.44. The van der Waals surface area contributed by atoms with Crippen molar-refractivity contribution in [3.63, 3.8) is 0 Å². The quantitative estimate of drug-likeness (QED) is 0.915. The second kappa shape index (κ2) is 6.78. The highest BCUT2D eigenvalue weighted by Gasteiger charge is 2.13. The number of hydrogen-bond donors (Lipinski definition) is 1. The van der Waals surface area contributed by atoms with E-state index in [4.69, 9.17) is 20.5 Å². The van der Waals surface area contributed by atoms with Crippen LogP contribution < -0.4 is 15.2 Å². The highest BCUT2D eigenvalue weighted by atomic mass is 16.5. The lowest BCUT2D eigenvalue weighted by Crippen LogP contribution is -2.18. The molecule has 0 aliphatic rings. The van der Waals surface area contributed by atoms with E-state index in [0.717, 1.165) is 11.1 Å². The Kier molecular flexibility index (Phi) is 4.81. The van der Waals surface area contributed by atoms with Gasteiger partial charge in [-0.15, -0.1) is 0 Å². The van der Waals surface area contributed by atoms with E-state index in [9.17, 15) is 0 Å². The van der Waals surface area contributed by atoms with E-state index in [1.165, 1.54) is 0 Å². The van der Waals surface area contributed by atoms with E-state index in [0.29, 0.717) is 23.6 Å². The summed E-state index contributed by atoms with van der Waals surface area (Å²) in [7, 11) is 1.56. The lowest BCUT2D eigenvalue weighted by Gasteiger charge is -2.19. The van der Waals surface area contributed by atoms with Crippen LogP contribution in [-0.4, -0.2) is 13.7 Å². The molecule has 2 rings (SSSR count). The van der Waals surface area contributed by atoms with Gasteiger partial charge in [0.2, 0.25) is 0 Å². The van der Waals surface area contributed by atoms with E-state index in [1.54, 1.807) is 25.3 Å². The largest absolute Gasteiger partial charge is 0.497 e. The van der Waals surface area contributed by atoms with Crippen LogP contribution in [0.15, 0.2) is 42.5 Å². The SMILES string of the molecule is COc1cc(C#N)cc(OC(CN)c2cccc(C)c2)c1. The predicted molar refractivity (Wildman–Crippen MR) is 81.3 cm³/mol. The lowest BCUT2D eigenvalue weighted by atomic mass is 10.1. The van der Waals surface area contributed by atoms with E-state index in [2.05, 4.69) is 6.07 Å². The second-order valence-electron chi connectivity index (χ2n) is 4.77. The van der Waals surface area contributed by atoms with Gasteiger partial charge < -0.3 is 15.2 Å². The standard InChI is InChI=1S/C17H18N2O2/c1-12-4-3-5-14(6-12)17(11-19)21-16-8-13(10-18)7-15(9-16)20-2/h3-9,17H,11,19H2,1-2H3. The van der Waals surface area contributed by atoms with Crippen molar-refractivity contribution in [1.82, 2.24) is 0 Å². The van der Waals surface area contributed by atoms with Crippen LogP contribution in [0.5, 0.6) is 11.5 Å². The summed E-state index contributed by atoms with van der Waals surface area (Å²) in [6.07, 6.45) is -0.261. The maximum atomic E-state index is 9.04. The number of hydrogen-bond acceptors (Lipinski definition) is 4. The summed E-state index contributed by atoms with van der Waals surface area (Å²) in [5.41, 5.74) is 8.48. The van der Waals surface area contributed by atoms with Gasteiger partial charge in [0.05, 0.1) is 18.7 Å². The minimum atomic E-state index is -0.261. The Hall–Kier alpha value is -2.51. The summed E-state index contributed by atoms with van der Waals surface area (Å²) in [6, 6.07) is 15.2. The molecule has 0 bridgehead atoms. The third-order valence-corrected chi connectivity index (χ3v) is 3.15. The molecule has 0 spiro atoms. The third-order valence-electron chi connectivity index (χ3n) is 3.15. The fourth-order valence-corrected chi connectivity index (χ4v) is 2.11. The minimum absolute atomic E-state index is 0.261. The molecule has 0 saturated carbocycles. The molecule has 0 radical (unpaired) electrons. The van der Waals surface area contributed by atoms with E-state index < -0.39 is 0 Å². The molecule has 0 heterocycles. The van der Waals surface area contributed by atoms with Gasteiger partial charge in [-0.1, -0.05) is 29.8 Å². The van der Waals surface area contributed by atoms with Crippen LogP contribution in [0.1, 0.15) is 22.8 Å². The third kappa shape index (κ3) is 3.74. The monoisotopic (exact) mass is 282 g/mol. The Morgan fingerprint density at radius 1 is 1.19 bits per heavy atom. The van der Waals surface area contributed by atoms with Gasteiger partial charge in [0, 0.05) is 12.6 Å². The van der Waals surface area contributed by atoms with Crippen LogP contribution in [-0.2, 0) is 0 Å². The normalized spacial score (nSPS) is 11.5. The Morgan fingerprint density at radius 3 is 2.57 bits per heavy atom. The summed E-state index contributed by atoms with van der Waals surface area (Å²) >= 11 is 0. The fraction of sp³-hybridized carbons (Fsp3) is 0.235. The van der Waals surface area contributed by atoms with Gasteiger partial charge >= 0.3 is 0 Å². The smallest absolute Gasteiger partial charge is 0.136 e. The molecule has 21 heavy (non-hydrogen) atoms. The molecule has 2 aromatic carbocycles. The van der Waals surface area contributed by atoms with Crippen molar-refractivity contribution in [3.8, 4) is 17.6 Å². The Labute approximate surface area is 124 Å². The number of methoxy groups -OCH3 is 1. The van der Waals surface area contributed by atoms with Crippen LogP contribution in [0.25, 0.3) is 0 Å². The molecule has 108 valence electrons. The Bertz CT molecular complexity index is 662. The number of rotatable bonds is 5. The molecule has 1 unspecified atom stereocenters. The van der Waals surface area contributed by atoms with Gasteiger partial charge in [0.25, 0.3) is 0 Å². The summed E-state index contributed by atoms with van der Waals surface area (Å²) in [5, 5.41) is 9.04. The van der Waals surface area contributed by atoms with Gasteiger partial charge in [-0.25, -0.2) is 0 Å². The van der Waals surface area contributed by atoms with Crippen molar-refractivity contribution in [3.05, 3.63) is 59.2 Å². The van der Waals surface area contributed by atoms with Crippen molar-refractivity contribution < 1.29 is 9.47 Å². The zero-order valence-corrected chi connectivity index (χ0v) is 12.2. The van der Waals surface area contributed by atoms with Crippen molar-refractivity contribution in [2.24, 2.45) is 5.73 Å². The summed E-state index contributed by atoms with van der Waals surface area (Å²) in [5.74, 6) is 1.16. The van der Waals surface area contributed by atoms with E-state index in [-0.39, 0.29) is 6.10 Å². The molecule has 0 aliphatic carbocycles. The molecular formula is C17H18N2O2. The van der Waals surface area contributed by atoms with Crippen LogP contribution in [0, 0.1) is 18.3 Å². The van der Waals surface area contributed by atoms with Crippen LogP contribution >= 0.6 is 0 Å². The zero-order chi connectivity index (χ0) is 15.2. The van der Waals surface area contributed by atoms with Crippen molar-refractivity contribution >= 4 is 0 Å². The minimum Gasteiger partial charge on any atom is -0.497 e. The Balaban J connectivity index is 2.28. The number of nitrogens with two attached hydrogens (primary N) is 1. The van der Waals surface area contributed by atoms with Crippen molar-refractivity contribution in [1.29, 1.82) is 5.26 Å². The van der Waals surface area contributed by atoms with Gasteiger partial charge in [-0.3, -0.25) is 0 Å². The number of ether oxygens (including phenoxy) is 2. The molecule has 2 aromatic rings. The Morgan fingerprint density at radius 2 is 1.95 bits per heavy atom. The first-order valence-electron chi connectivity index (χ1n) is 6.68. The van der Waals surface area contributed by atoms with Gasteiger partial charge in [0.15, 0.2) is 0 Å². The first kappa shape index (κ1) is 14.9. The summed E-state index contributed by atoms with van der Waals surface area (Å²) < 4.78 is 11.1. The predicted octanol–water partition coefficient (Wildman–Crippen LogP) is 2.95. The average Bonchev–Trinajstić information content (AvgIpc) is 2.52. The number of benzene rings is 2. The first-order chi connectivity index (χ1) is 10.2. The molecule has 4 nitrogen and oxygen atoms in total. The molecule has 0 fully saturated rings. The van der Waals surface area contributed by atoms with Crippen molar-refractivity contribution in [2.75, 3.05) is 13.7 Å². The highest BCUT2D eigenvalue weighted by Crippen LogP contribution is 2.27.